The highest BCUT2D eigenvalue weighted by Gasteiger charge is 2.16. The number of nitrogens with one attached hydrogen (secondary N) is 1. The van der Waals surface area contributed by atoms with Crippen LogP contribution in [0.2, 0.25) is 0 Å². The molecule has 1 aliphatic rings. The number of nitrogens with zero attached hydrogens (tertiary/aromatic N) is 4. The van der Waals surface area contributed by atoms with Crippen molar-refractivity contribution in [2.24, 2.45) is 5.92 Å². The summed E-state index contributed by atoms with van der Waals surface area (Å²) in [5, 5.41) is 12.5. The van der Waals surface area contributed by atoms with E-state index < -0.39 is 0 Å². The quantitative estimate of drug-likeness (QED) is 0.787. The van der Waals surface area contributed by atoms with Gasteiger partial charge in [0.05, 0.1) is 11.2 Å². The Kier molecular flexibility index (Phi) is 2.77. The summed E-state index contributed by atoms with van der Waals surface area (Å²) in [7, 11) is 0. The van der Waals surface area contributed by atoms with Crippen molar-refractivity contribution in [2.45, 2.75) is 13.0 Å². The molecule has 0 bridgehead atoms. The lowest BCUT2D eigenvalue weighted by Gasteiger charge is -2.11. The highest BCUT2D eigenvalue weighted by Crippen LogP contribution is 2.24. The topological polar surface area (TPSA) is 47.7 Å². The van der Waals surface area contributed by atoms with Gasteiger partial charge in [0.25, 0.3) is 0 Å². The lowest BCUT2D eigenvalue weighted by Crippen LogP contribution is -2.13. The van der Waals surface area contributed by atoms with Crippen LogP contribution in [0.15, 0.2) is 43.1 Å². The molecular formula is C15H17N5. The van der Waals surface area contributed by atoms with E-state index in [0.717, 1.165) is 31.2 Å². The standard InChI is InChI=1S/C15H17N5/c1-2-14-13(15(3-1)20-10-17-18-11-20)5-7-19(14)9-12-4-6-16-8-12/h1-3,5,7,10-12,16H,4,6,8-9H2. The average Bonchev–Trinajstić information content (AvgIpc) is 3.20. The number of hydrogen-bond acceptors (Lipinski definition) is 3. The van der Waals surface area contributed by atoms with E-state index in [1.54, 1.807) is 12.7 Å². The van der Waals surface area contributed by atoms with Gasteiger partial charge in [0.15, 0.2) is 0 Å². The first-order valence-electron chi connectivity index (χ1n) is 7.05. The van der Waals surface area contributed by atoms with Crippen molar-refractivity contribution in [1.82, 2.24) is 24.6 Å². The molecule has 20 heavy (non-hydrogen) atoms. The summed E-state index contributed by atoms with van der Waals surface area (Å²) >= 11 is 0. The highest BCUT2D eigenvalue weighted by molar-refractivity contribution is 5.88. The zero-order chi connectivity index (χ0) is 13.4. The minimum Gasteiger partial charge on any atom is -0.347 e. The van der Waals surface area contributed by atoms with E-state index in [2.05, 4.69) is 50.5 Å². The van der Waals surface area contributed by atoms with Crippen LogP contribution >= 0.6 is 0 Å². The first kappa shape index (κ1) is 11.7. The van der Waals surface area contributed by atoms with Gasteiger partial charge in [0.1, 0.15) is 12.7 Å². The second kappa shape index (κ2) is 4.76. The predicted octanol–water partition coefficient (Wildman–Crippen LogP) is 1.83. The fourth-order valence-corrected chi connectivity index (χ4v) is 3.07. The van der Waals surface area contributed by atoms with Crippen molar-refractivity contribution >= 4 is 10.9 Å². The van der Waals surface area contributed by atoms with E-state index in [1.807, 2.05) is 4.57 Å². The van der Waals surface area contributed by atoms with Gasteiger partial charge in [0.2, 0.25) is 0 Å². The molecule has 0 radical (unpaired) electrons. The van der Waals surface area contributed by atoms with Gasteiger partial charge in [0, 0.05) is 18.1 Å². The van der Waals surface area contributed by atoms with Crippen molar-refractivity contribution in [3.63, 3.8) is 0 Å². The Labute approximate surface area is 117 Å². The summed E-state index contributed by atoms with van der Waals surface area (Å²) in [6.07, 6.45) is 6.95. The van der Waals surface area contributed by atoms with Crippen LogP contribution in [0.4, 0.5) is 0 Å². The first-order chi connectivity index (χ1) is 9.92. The van der Waals surface area contributed by atoms with Crippen LogP contribution in [-0.4, -0.2) is 32.4 Å². The van der Waals surface area contributed by atoms with Crippen molar-refractivity contribution in [1.29, 1.82) is 0 Å². The maximum Gasteiger partial charge on any atom is 0.123 e. The molecule has 2 aromatic heterocycles. The summed E-state index contributed by atoms with van der Waals surface area (Å²) in [6.45, 7) is 3.36. The maximum atomic E-state index is 3.89. The van der Waals surface area contributed by atoms with Crippen LogP contribution in [0.5, 0.6) is 0 Å². The second-order valence-electron chi connectivity index (χ2n) is 5.41. The molecule has 1 atom stereocenters. The van der Waals surface area contributed by atoms with Crippen LogP contribution in [0.1, 0.15) is 6.42 Å². The second-order valence-corrected chi connectivity index (χ2v) is 5.41. The van der Waals surface area contributed by atoms with Gasteiger partial charge in [-0.15, -0.1) is 10.2 Å². The van der Waals surface area contributed by atoms with E-state index in [1.165, 1.54) is 17.3 Å². The minimum atomic E-state index is 0.740. The molecule has 0 saturated carbocycles. The van der Waals surface area contributed by atoms with Gasteiger partial charge >= 0.3 is 0 Å². The molecule has 102 valence electrons. The van der Waals surface area contributed by atoms with Gasteiger partial charge in [-0.3, -0.25) is 4.57 Å². The van der Waals surface area contributed by atoms with Crippen LogP contribution in [0, 0.1) is 5.92 Å². The molecule has 3 aromatic rings. The summed E-state index contributed by atoms with van der Waals surface area (Å²) in [6, 6.07) is 8.58. The van der Waals surface area contributed by atoms with Crippen molar-refractivity contribution in [2.75, 3.05) is 13.1 Å². The molecule has 1 saturated heterocycles. The Morgan fingerprint density at radius 3 is 2.90 bits per heavy atom. The number of benzene rings is 1. The van der Waals surface area contributed by atoms with Gasteiger partial charge in [-0.25, -0.2) is 0 Å². The SMILES string of the molecule is c1cc(-n2cnnc2)c2ccn(CC3CCNC3)c2c1. The van der Waals surface area contributed by atoms with E-state index in [4.69, 9.17) is 0 Å². The van der Waals surface area contributed by atoms with E-state index in [9.17, 15) is 0 Å². The molecule has 1 N–H and O–H groups in total. The third-order valence-corrected chi connectivity index (χ3v) is 4.10. The molecule has 5 heteroatoms. The molecule has 0 spiro atoms. The maximum absolute atomic E-state index is 3.89. The minimum absolute atomic E-state index is 0.740. The molecule has 5 nitrogen and oxygen atoms in total. The number of aromatic nitrogens is 4. The lowest BCUT2D eigenvalue weighted by molar-refractivity contribution is 0.491. The summed E-state index contributed by atoms with van der Waals surface area (Å²) < 4.78 is 4.32. The number of hydrogen-bond donors (Lipinski definition) is 1. The van der Waals surface area contributed by atoms with Crippen LogP contribution in [-0.2, 0) is 6.54 Å². The molecule has 4 rings (SSSR count). The number of rotatable bonds is 3. The normalized spacial score (nSPS) is 18.9. The van der Waals surface area contributed by atoms with E-state index in [-0.39, 0.29) is 0 Å². The van der Waals surface area contributed by atoms with E-state index in [0.29, 0.717) is 0 Å². The van der Waals surface area contributed by atoms with Gasteiger partial charge in [-0.2, -0.15) is 0 Å². The zero-order valence-corrected chi connectivity index (χ0v) is 11.2. The Morgan fingerprint density at radius 2 is 2.10 bits per heavy atom. The summed E-state index contributed by atoms with van der Waals surface area (Å²) in [4.78, 5) is 0. The Hall–Kier alpha value is -2.14. The largest absolute Gasteiger partial charge is 0.347 e. The first-order valence-corrected chi connectivity index (χ1v) is 7.05. The van der Waals surface area contributed by atoms with Gasteiger partial charge in [-0.05, 0) is 43.6 Å². The average molecular weight is 267 g/mol. The van der Waals surface area contributed by atoms with Crippen LogP contribution in [0.3, 0.4) is 0 Å². The monoisotopic (exact) mass is 267 g/mol. The Balaban J connectivity index is 1.75. The Bertz CT molecular complexity index is 707. The lowest BCUT2D eigenvalue weighted by atomic mass is 10.1. The third-order valence-electron chi connectivity index (χ3n) is 4.10. The van der Waals surface area contributed by atoms with E-state index >= 15 is 0 Å². The molecule has 0 aliphatic carbocycles. The van der Waals surface area contributed by atoms with Crippen LogP contribution in [0.25, 0.3) is 16.6 Å². The molecule has 3 heterocycles. The Morgan fingerprint density at radius 1 is 1.20 bits per heavy atom. The smallest absolute Gasteiger partial charge is 0.123 e. The molecule has 1 aliphatic heterocycles. The summed E-state index contributed by atoms with van der Waals surface area (Å²) in [5.74, 6) is 0.740. The fraction of sp³-hybridized carbons (Fsp3) is 0.333. The zero-order valence-electron chi connectivity index (χ0n) is 11.2. The molecular weight excluding hydrogens is 250 g/mol. The van der Waals surface area contributed by atoms with Gasteiger partial charge < -0.3 is 9.88 Å². The van der Waals surface area contributed by atoms with Crippen molar-refractivity contribution < 1.29 is 0 Å². The highest BCUT2D eigenvalue weighted by atomic mass is 15.2. The van der Waals surface area contributed by atoms with Crippen LogP contribution < -0.4 is 5.32 Å². The third kappa shape index (κ3) is 1.91. The molecule has 1 unspecified atom stereocenters. The van der Waals surface area contributed by atoms with Crippen molar-refractivity contribution in [3.8, 4) is 5.69 Å². The van der Waals surface area contributed by atoms with Gasteiger partial charge in [-0.1, -0.05) is 6.07 Å². The number of fused-ring (bicyclic) bond motifs is 1. The summed E-state index contributed by atoms with van der Waals surface area (Å²) in [5.41, 5.74) is 2.42. The molecule has 1 aromatic carbocycles. The molecule has 1 fully saturated rings. The van der Waals surface area contributed by atoms with Crippen molar-refractivity contribution in [3.05, 3.63) is 43.1 Å². The predicted molar refractivity (Wildman–Crippen MR) is 77.8 cm³/mol. The molecule has 0 amide bonds. The fourth-order valence-electron chi connectivity index (χ4n) is 3.07.